The predicted molar refractivity (Wildman–Crippen MR) is 109 cm³/mol. The molecule has 29 heavy (non-hydrogen) atoms. The van der Waals surface area contributed by atoms with Crippen LogP contribution in [0.1, 0.15) is 30.9 Å². The van der Waals surface area contributed by atoms with Crippen molar-refractivity contribution in [3.05, 3.63) is 48.7 Å². The smallest absolute Gasteiger partial charge is 0.226 e. The molecule has 0 bridgehead atoms. The Balaban J connectivity index is 1.24. The lowest BCUT2D eigenvalue weighted by Gasteiger charge is -2.26. The maximum atomic E-state index is 12.8. The van der Waals surface area contributed by atoms with Crippen LogP contribution in [-0.2, 0) is 9.59 Å². The number of hydrogen-bond acceptors (Lipinski definition) is 5. The molecule has 7 heteroatoms. The van der Waals surface area contributed by atoms with E-state index in [9.17, 15) is 9.59 Å². The van der Waals surface area contributed by atoms with Gasteiger partial charge in [-0.05, 0) is 37.1 Å². The number of anilines is 1. The summed E-state index contributed by atoms with van der Waals surface area (Å²) in [6, 6.07) is 7.78. The Kier molecular flexibility index (Phi) is 5.56. The van der Waals surface area contributed by atoms with Gasteiger partial charge >= 0.3 is 0 Å². The van der Waals surface area contributed by atoms with Gasteiger partial charge in [0.15, 0.2) is 0 Å². The van der Waals surface area contributed by atoms with E-state index >= 15 is 0 Å². The van der Waals surface area contributed by atoms with Crippen LogP contribution in [0.15, 0.2) is 47.3 Å². The van der Waals surface area contributed by atoms with Crippen LogP contribution in [0.2, 0.25) is 0 Å². The van der Waals surface area contributed by atoms with Crippen molar-refractivity contribution in [2.45, 2.75) is 31.2 Å². The molecule has 2 aromatic rings. The molecule has 2 aromatic heterocycles. The third-order valence-electron chi connectivity index (χ3n) is 6.20. The fraction of sp³-hybridized carbons (Fsp3) is 0.500. The summed E-state index contributed by atoms with van der Waals surface area (Å²) in [4.78, 5) is 35.3. The number of pyridine rings is 1. The normalized spacial score (nSPS) is 23.1. The molecule has 1 aliphatic carbocycles. The van der Waals surface area contributed by atoms with Crippen molar-refractivity contribution >= 4 is 17.5 Å². The lowest BCUT2D eigenvalue weighted by atomic mass is 10.2. The van der Waals surface area contributed by atoms with Gasteiger partial charge in [-0.3, -0.25) is 14.6 Å². The molecule has 0 radical (unpaired) electrons. The van der Waals surface area contributed by atoms with Gasteiger partial charge in [0.2, 0.25) is 11.8 Å². The molecular weight excluding hydrogens is 368 g/mol. The first-order valence-corrected chi connectivity index (χ1v) is 10.2. The lowest BCUT2D eigenvalue weighted by Crippen LogP contribution is -2.41. The highest BCUT2D eigenvalue weighted by atomic mass is 16.3. The lowest BCUT2D eigenvalue weighted by molar-refractivity contribution is -0.134. The molecule has 0 aromatic carbocycles. The van der Waals surface area contributed by atoms with E-state index in [1.807, 2.05) is 48.2 Å². The van der Waals surface area contributed by atoms with Crippen molar-refractivity contribution in [3.63, 3.8) is 0 Å². The highest BCUT2D eigenvalue weighted by Crippen LogP contribution is 2.48. The van der Waals surface area contributed by atoms with E-state index in [0.29, 0.717) is 19.5 Å². The minimum atomic E-state index is 0.0370. The van der Waals surface area contributed by atoms with Gasteiger partial charge in [-0.1, -0.05) is 0 Å². The number of carbonyl (C=O) groups is 2. The van der Waals surface area contributed by atoms with Gasteiger partial charge in [0.05, 0.1) is 12.3 Å². The molecule has 4 rings (SSSR count). The van der Waals surface area contributed by atoms with E-state index in [1.165, 1.54) is 0 Å². The molecule has 0 N–H and O–H groups in total. The molecule has 0 spiro atoms. The first kappa shape index (κ1) is 19.5. The summed E-state index contributed by atoms with van der Waals surface area (Å²) < 4.78 is 5.44. The second-order valence-corrected chi connectivity index (χ2v) is 8.07. The van der Waals surface area contributed by atoms with Gasteiger partial charge in [0, 0.05) is 70.1 Å². The number of likely N-dealkylation sites (tertiary alicyclic amines) is 1. The first-order chi connectivity index (χ1) is 14.0. The van der Waals surface area contributed by atoms with Gasteiger partial charge in [-0.2, -0.15) is 0 Å². The van der Waals surface area contributed by atoms with E-state index in [4.69, 9.17) is 4.42 Å². The summed E-state index contributed by atoms with van der Waals surface area (Å²) in [6.45, 7) is 2.00. The minimum absolute atomic E-state index is 0.0370. The largest absolute Gasteiger partial charge is 0.469 e. The minimum Gasteiger partial charge on any atom is -0.469 e. The SMILES string of the molecule is CN(CCC(=O)N(C)C1CCN(C(=O)[C@@H]2C[C@H]2c2ccco2)C1)c1ccncc1. The van der Waals surface area contributed by atoms with Crippen LogP contribution in [0.4, 0.5) is 5.69 Å². The maximum Gasteiger partial charge on any atom is 0.226 e. The summed E-state index contributed by atoms with van der Waals surface area (Å²) in [7, 11) is 3.83. The molecule has 1 saturated heterocycles. The van der Waals surface area contributed by atoms with Crippen LogP contribution < -0.4 is 4.90 Å². The summed E-state index contributed by atoms with van der Waals surface area (Å²) in [5.41, 5.74) is 1.05. The summed E-state index contributed by atoms with van der Waals surface area (Å²) in [6.07, 6.45) is 7.31. The molecule has 1 unspecified atom stereocenters. The van der Waals surface area contributed by atoms with E-state index in [-0.39, 0.29) is 29.7 Å². The van der Waals surface area contributed by atoms with Crippen molar-refractivity contribution in [1.29, 1.82) is 0 Å². The van der Waals surface area contributed by atoms with Crippen LogP contribution in [-0.4, -0.2) is 66.4 Å². The number of hydrogen-bond donors (Lipinski definition) is 0. The third-order valence-corrected chi connectivity index (χ3v) is 6.20. The van der Waals surface area contributed by atoms with Crippen molar-refractivity contribution < 1.29 is 14.0 Å². The molecule has 1 aliphatic heterocycles. The van der Waals surface area contributed by atoms with Crippen molar-refractivity contribution in [3.8, 4) is 0 Å². The highest BCUT2D eigenvalue weighted by molar-refractivity contribution is 5.83. The molecule has 1 saturated carbocycles. The fourth-order valence-electron chi connectivity index (χ4n) is 4.15. The molecular formula is C22H28N4O3. The van der Waals surface area contributed by atoms with Gasteiger partial charge in [0.1, 0.15) is 5.76 Å². The zero-order valence-corrected chi connectivity index (χ0v) is 17.0. The number of aromatic nitrogens is 1. The third kappa shape index (κ3) is 4.28. The Morgan fingerprint density at radius 1 is 1.24 bits per heavy atom. The van der Waals surface area contributed by atoms with Gasteiger partial charge in [-0.15, -0.1) is 0 Å². The zero-order chi connectivity index (χ0) is 20.4. The zero-order valence-electron chi connectivity index (χ0n) is 17.0. The number of carbonyl (C=O) groups excluding carboxylic acids is 2. The van der Waals surface area contributed by atoms with Crippen molar-refractivity contribution in [2.24, 2.45) is 5.92 Å². The second kappa shape index (κ2) is 8.27. The van der Waals surface area contributed by atoms with Crippen LogP contribution in [0, 0.1) is 5.92 Å². The fourth-order valence-corrected chi connectivity index (χ4v) is 4.15. The van der Waals surface area contributed by atoms with Gasteiger partial charge in [-0.25, -0.2) is 0 Å². The summed E-state index contributed by atoms with van der Waals surface area (Å²) >= 11 is 0. The molecule has 2 amide bonds. The average molecular weight is 396 g/mol. The van der Waals surface area contributed by atoms with Crippen LogP contribution in [0.3, 0.4) is 0 Å². The number of amides is 2. The predicted octanol–water partition coefficient (Wildman–Crippen LogP) is 2.36. The Labute approximate surface area is 171 Å². The van der Waals surface area contributed by atoms with Crippen molar-refractivity contribution in [1.82, 2.24) is 14.8 Å². The average Bonchev–Trinajstić information content (AvgIpc) is 3.14. The first-order valence-electron chi connectivity index (χ1n) is 10.2. The summed E-state index contributed by atoms with van der Waals surface area (Å²) in [5.74, 6) is 1.48. The number of likely N-dealkylation sites (N-methyl/N-ethyl adjacent to an activating group) is 1. The summed E-state index contributed by atoms with van der Waals surface area (Å²) in [5, 5.41) is 0. The van der Waals surface area contributed by atoms with E-state index in [0.717, 1.165) is 30.8 Å². The van der Waals surface area contributed by atoms with E-state index in [1.54, 1.807) is 18.7 Å². The standard InChI is InChI=1S/C22H28N4O3/c1-24(16-5-9-23-10-6-16)11-8-21(27)25(2)17-7-12-26(15-17)22(28)19-14-18(19)20-4-3-13-29-20/h3-6,9-10,13,17-19H,7-8,11-12,14-15H2,1-2H3/t17?,18-,19-/m1/s1. The monoisotopic (exact) mass is 396 g/mol. The Morgan fingerprint density at radius 3 is 2.76 bits per heavy atom. The second-order valence-electron chi connectivity index (χ2n) is 8.07. The molecule has 3 atom stereocenters. The Hall–Kier alpha value is -2.83. The molecule has 3 heterocycles. The van der Waals surface area contributed by atoms with E-state index < -0.39 is 0 Å². The van der Waals surface area contributed by atoms with Gasteiger partial charge in [0.25, 0.3) is 0 Å². The highest BCUT2D eigenvalue weighted by Gasteiger charge is 2.48. The number of nitrogens with zero attached hydrogens (tertiary/aromatic N) is 4. The number of furan rings is 1. The van der Waals surface area contributed by atoms with E-state index in [2.05, 4.69) is 9.88 Å². The maximum absolute atomic E-state index is 12.8. The topological polar surface area (TPSA) is 69.9 Å². The van der Waals surface area contributed by atoms with Crippen LogP contribution >= 0.6 is 0 Å². The van der Waals surface area contributed by atoms with Crippen molar-refractivity contribution in [2.75, 3.05) is 38.6 Å². The van der Waals surface area contributed by atoms with Crippen LogP contribution in [0.5, 0.6) is 0 Å². The quantitative estimate of drug-likeness (QED) is 0.719. The number of rotatable bonds is 7. The van der Waals surface area contributed by atoms with Crippen LogP contribution in [0.25, 0.3) is 0 Å². The molecule has 7 nitrogen and oxygen atoms in total. The molecule has 154 valence electrons. The van der Waals surface area contributed by atoms with Gasteiger partial charge < -0.3 is 19.1 Å². The Morgan fingerprint density at radius 2 is 2.03 bits per heavy atom. The molecule has 2 aliphatic rings. The molecule has 2 fully saturated rings. The Bertz CT molecular complexity index is 839.